The lowest BCUT2D eigenvalue weighted by Gasteiger charge is -2.09. The third kappa shape index (κ3) is 5.32. The van der Waals surface area contributed by atoms with Gasteiger partial charge in [0.2, 0.25) is 0 Å². The highest BCUT2D eigenvalue weighted by atomic mass is 32.2. The van der Waals surface area contributed by atoms with Crippen LogP contribution in [0, 0.1) is 0 Å². The van der Waals surface area contributed by atoms with Crippen molar-refractivity contribution in [3.05, 3.63) is 41.4 Å². The first kappa shape index (κ1) is 17.9. The van der Waals surface area contributed by atoms with Crippen LogP contribution in [0.4, 0.5) is 0 Å². The lowest BCUT2D eigenvalue weighted by molar-refractivity contribution is 0.400. The molecule has 0 spiro atoms. The molecular formula is C14H20N6O3S. The predicted octanol–water partition coefficient (Wildman–Crippen LogP) is -0.269. The van der Waals surface area contributed by atoms with Gasteiger partial charge in [0.1, 0.15) is 5.76 Å². The Morgan fingerprint density at radius 2 is 2.25 bits per heavy atom. The molecule has 0 unspecified atom stereocenters. The molecule has 2 rings (SSSR count). The van der Waals surface area contributed by atoms with Crippen molar-refractivity contribution in [1.82, 2.24) is 14.6 Å². The fraction of sp³-hybridized carbons (Fsp3) is 0.357. The zero-order valence-electron chi connectivity index (χ0n) is 13.5. The number of hydrogen-bond acceptors (Lipinski definition) is 7. The summed E-state index contributed by atoms with van der Waals surface area (Å²) in [4.78, 5) is 10.2. The Morgan fingerprint density at radius 3 is 2.88 bits per heavy atom. The van der Waals surface area contributed by atoms with Gasteiger partial charge in [0.25, 0.3) is 0 Å². The van der Waals surface area contributed by atoms with E-state index in [2.05, 4.69) is 24.0 Å². The molecule has 0 saturated heterocycles. The van der Waals surface area contributed by atoms with Crippen molar-refractivity contribution in [2.45, 2.75) is 13.0 Å². The van der Waals surface area contributed by atoms with Crippen molar-refractivity contribution < 1.29 is 13.5 Å². The summed E-state index contributed by atoms with van der Waals surface area (Å²) >= 11 is 0. The fourth-order valence-corrected chi connectivity index (χ4v) is 2.84. The van der Waals surface area contributed by atoms with Crippen molar-refractivity contribution in [3.8, 4) is 0 Å². The second kappa shape index (κ2) is 7.41. The standard InChI is InChI=1S/C14H20N6O3S/c1-20(2)9-10-5-6-16-11(7-10)3-4-12(21)8-17-14-13(15)18-24(22,23)19-14/h4-7,21H,3,8-9H2,1-2H3,(H2,15,18)(H,17,19)/b12-4-. The van der Waals surface area contributed by atoms with Crippen LogP contribution >= 0.6 is 0 Å². The predicted molar refractivity (Wildman–Crippen MR) is 92.0 cm³/mol. The number of pyridine rings is 1. The molecule has 130 valence electrons. The van der Waals surface area contributed by atoms with Gasteiger partial charge >= 0.3 is 10.2 Å². The van der Waals surface area contributed by atoms with Crippen LogP contribution in [0.3, 0.4) is 0 Å². The Labute approximate surface area is 140 Å². The van der Waals surface area contributed by atoms with E-state index in [4.69, 9.17) is 5.73 Å². The number of nitrogens with two attached hydrogens (primary N) is 1. The molecule has 1 aliphatic heterocycles. The first-order valence-corrected chi connectivity index (χ1v) is 8.59. The van der Waals surface area contributed by atoms with E-state index in [0.29, 0.717) is 6.42 Å². The second-order valence-electron chi connectivity index (χ2n) is 5.51. The van der Waals surface area contributed by atoms with Gasteiger partial charge in [-0.05, 0) is 37.9 Å². The smallest absolute Gasteiger partial charge is 0.345 e. The van der Waals surface area contributed by atoms with Gasteiger partial charge in [0, 0.05) is 24.9 Å². The Balaban J connectivity index is 1.96. The highest BCUT2D eigenvalue weighted by Crippen LogP contribution is 2.06. The number of nitrogens with one attached hydrogen (secondary N) is 1. The van der Waals surface area contributed by atoms with Crippen LogP contribution < -0.4 is 10.5 Å². The number of amidine groups is 2. The number of aliphatic hydroxyl groups is 1. The number of rotatable bonds is 6. The van der Waals surface area contributed by atoms with Crippen LogP contribution in [-0.4, -0.2) is 55.7 Å². The van der Waals surface area contributed by atoms with Crippen LogP contribution in [0.1, 0.15) is 11.3 Å². The third-order valence-electron chi connectivity index (χ3n) is 3.01. The van der Waals surface area contributed by atoms with E-state index in [0.717, 1.165) is 17.8 Å². The van der Waals surface area contributed by atoms with Gasteiger partial charge in [-0.25, -0.2) is 4.72 Å². The largest absolute Gasteiger partial charge is 0.511 e. The molecule has 1 aromatic rings. The number of aromatic nitrogens is 1. The van der Waals surface area contributed by atoms with Gasteiger partial charge in [-0.2, -0.15) is 8.42 Å². The molecule has 0 aliphatic carbocycles. The number of allylic oxidation sites excluding steroid dienone is 1. The third-order valence-corrected chi connectivity index (χ3v) is 3.90. The van der Waals surface area contributed by atoms with Gasteiger partial charge in [-0.15, -0.1) is 4.40 Å². The zero-order valence-corrected chi connectivity index (χ0v) is 14.3. The van der Waals surface area contributed by atoms with Gasteiger partial charge in [-0.1, -0.05) is 0 Å². The minimum absolute atomic E-state index is 0.0128. The molecule has 0 bridgehead atoms. The van der Waals surface area contributed by atoms with E-state index in [9.17, 15) is 13.5 Å². The van der Waals surface area contributed by atoms with Crippen molar-refractivity contribution >= 4 is 21.9 Å². The highest BCUT2D eigenvalue weighted by molar-refractivity contribution is 7.89. The first-order chi connectivity index (χ1) is 11.2. The molecule has 2 heterocycles. The van der Waals surface area contributed by atoms with E-state index in [1.165, 1.54) is 0 Å². The van der Waals surface area contributed by atoms with Crippen molar-refractivity contribution in [2.75, 3.05) is 20.6 Å². The number of aliphatic imine (C=N–C) groups is 1. The van der Waals surface area contributed by atoms with Gasteiger partial charge in [0.15, 0.2) is 11.7 Å². The van der Waals surface area contributed by atoms with Crippen LogP contribution in [0.2, 0.25) is 0 Å². The summed E-state index contributed by atoms with van der Waals surface area (Å²) in [5, 5.41) is 9.86. The Hall–Kier alpha value is -2.46. The van der Waals surface area contributed by atoms with Crippen LogP contribution in [-0.2, 0) is 23.2 Å². The maximum Gasteiger partial charge on any atom is 0.345 e. The monoisotopic (exact) mass is 352 g/mol. The summed E-state index contributed by atoms with van der Waals surface area (Å²) < 4.78 is 27.6. The molecule has 24 heavy (non-hydrogen) atoms. The molecule has 0 aromatic carbocycles. The zero-order chi connectivity index (χ0) is 17.7. The highest BCUT2D eigenvalue weighted by Gasteiger charge is 2.23. The average Bonchev–Trinajstić information content (AvgIpc) is 2.75. The molecule has 0 amide bonds. The van der Waals surface area contributed by atoms with Crippen molar-refractivity contribution in [1.29, 1.82) is 0 Å². The number of aliphatic hydroxyl groups excluding tert-OH is 1. The molecule has 0 fully saturated rings. The topological polar surface area (TPSA) is 133 Å². The lowest BCUT2D eigenvalue weighted by atomic mass is 10.2. The van der Waals surface area contributed by atoms with Gasteiger partial charge < -0.3 is 15.7 Å². The Bertz CT molecular complexity index is 798. The molecule has 10 heteroatoms. The second-order valence-corrected chi connectivity index (χ2v) is 6.85. The van der Waals surface area contributed by atoms with E-state index < -0.39 is 10.2 Å². The van der Waals surface area contributed by atoms with Crippen LogP contribution in [0.25, 0.3) is 0 Å². The SMILES string of the molecule is CN(C)Cc1ccnc(C/C=C(\O)CN=C2NS(=O)(=O)N=C2N)c1. The lowest BCUT2D eigenvalue weighted by Crippen LogP contribution is -2.31. The van der Waals surface area contributed by atoms with E-state index in [-0.39, 0.29) is 24.0 Å². The molecule has 4 N–H and O–H groups in total. The van der Waals surface area contributed by atoms with Crippen molar-refractivity contribution in [3.63, 3.8) is 0 Å². The maximum atomic E-state index is 11.2. The molecule has 0 radical (unpaired) electrons. The average molecular weight is 352 g/mol. The van der Waals surface area contributed by atoms with Crippen LogP contribution in [0.15, 0.2) is 39.6 Å². The van der Waals surface area contributed by atoms with E-state index in [1.54, 1.807) is 12.3 Å². The minimum atomic E-state index is -3.80. The number of hydrogen-bond donors (Lipinski definition) is 3. The van der Waals surface area contributed by atoms with Crippen molar-refractivity contribution in [2.24, 2.45) is 15.1 Å². The van der Waals surface area contributed by atoms with Gasteiger partial charge in [0.05, 0.1) is 6.54 Å². The number of nitrogens with zero attached hydrogens (tertiary/aromatic N) is 4. The van der Waals surface area contributed by atoms with E-state index >= 15 is 0 Å². The molecule has 1 aromatic heterocycles. The first-order valence-electron chi connectivity index (χ1n) is 7.15. The normalized spacial score (nSPS) is 18.7. The summed E-state index contributed by atoms with van der Waals surface area (Å²) in [6, 6.07) is 3.90. The Kier molecular flexibility index (Phi) is 5.52. The molecule has 0 atom stereocenters. The summed E-state index contributed by atoms with van der Waals surface area (Å²) in [6.07, 6.45) is 3.74. The summed E-state index contributed by atoms with van der Waals surface area (Å²) in [6.45, 7) is 0.698. The summed E-state index contributed by atoms with van der Waals surface area (Å²) in [7, 11) is 0.171. The Morgan fingerprint density at radius 1 is 1.50 bits per heavy atom. The quantitative estimate of drug-likeness (QED) is 0.604. The minimum Gasteiger partial charge on any atom is -0.511 e. The fourth-order valence-electron chi connectivity index (χ4n) is 2.03. The maximum absolute atomic E-state index is 11.2. The van der Waals surface area contributed by atoms with Gasteiger partial charge in [-0.3, -0.25) is 9.98 Å². The summed E-state index contributed by atoms with van der Waals surface area (Å²) in [5.74, 6) is -0.303. The van der Waals surface area contributed by atoms with Crippen LogP contribution in [0.5, 0.6) is 0 Å². The molecular weight excluding hydrogens is 332 g/mol. The summed E-state index contributed by atoms with van der Waals surface area (Å²) in [5.41, 5.74) is 7.37. The molecule has 9 nitrogen and oxygen atoms in total. The van der Waals surface area contributed by atoms with E-state index in [1.807, 2.05) is 26.2 Å². The molecule has 1 aliphatic rings. The molecule has 0 saturated carbocycles.